The van der Waals surface area contributed by atoms with E-state index in [-0.39, 0.29) is 18.0 Å². The van der Waals surface area contributed by atoms with E-state index >= 15 is 0 Å². The zero-order chi connectivity index (χ0) is 12.4. The molecule has 1 atom stereocenters. The van der Waals surface area contributed by atoms with Crippen molar-refractivity contribution in [3.63, 3.8) is 0 Å². The molecule has 92 valence electrons. The summed E-state index contributed by atoms with van der Waals surface area (Å²) in [5, 5.41) is 13.3. The maximum Gasteiger partial charge on any atom is 0.267 e. The Morgan fingerprint density at radius 2 is 2.35 bits per heavy atom. The van der Waals surface area contributed by atoms with Gasteiger partial charge < -0.3 is 10.0 Å². The third-order valence-corrected chi connectivity index (χ3v) is 2.80. The second-order valence-corrected chi connectivity index (χ2v) is 4.25. The number of nitrogens with zero attached hydrogens (tertiary/aromatic N) is 3. The summed E-state index contributed by atoms with van der Waals surface area (Å²) in [6.45, 7) is 2.59. The Morgan fingerprint density at radius 3 is 3.00 bits per heavy atom. The summed E-state index contributed by atoms with van der Waals surface area (Å²) in [5.41, 5.74) is 0.405. The van der Waals surface area contributed by atoms with Gasteiger partial charge in [-0.05, 0) is 19.4 Å². The Bertz CT molecular complexity index is 483. The molecule has 2 heterocycles. The van der Waals surface area contributed by atoms with Crippen molar-refractivity contribution in [1.82, 2.24) is 14.7 Å². The molecule has 1 amide bonds. The van der Waals surface area contributed by atoms with Crippen LogP contribution in [-0.2, 0) is 11.3 Å². The number of hydrogen-bond acceptors (Lipinski definition) is 4. The van der Waals surface area contributed by atoms with Crippen molar-refractivity contribution < 1.29 is 9.90 Å². The van der Waals surface area contributed by atoms with Crippen molar-refractivity contribution >= 4 is 5.91 Å². The summed E-state index contributed by atoms with van der Waals surface area (Å²) in [5.74, 6) is -0.179. The summed E-state index contributed by atoms with van der Waals surface area (Å²) in [6, 6.07) is 3.01. The standard InChI is InChI=1S/C11H15N3O3/c1-8-2-3-10(16)14(12-8)7-11(17)13-5-4-9(15)6-13/h2-3,9,15H,4-7H2,1H3/t9-/m1/s1. The summed E-state index contributed by atoms with van der Waals surface area (Å²) in [7, 11) is 0. The van der Waals surface area contributed by atoms with Gasteiger partial charge in [0.2, 0.25) is 5.91 Å². The van der Waals surface area contributed by atoms with E-state index in [1.54, 1.807) is 17.9 Å². The highest BCUT2D eigenvalue weighted by Crippen LogP contribution is 2.08. The molecule has 0 unspecified atom stereocenters. The molecule has 1 fully saturated rings. The van der Waals surface area contributed by atoms with Crippen molar-refractivity contribution in [3.8, 4) is 0 Å². The van der Waals surface area contributed by atoms with Crippen LogP contribution in [0, 0.1) is 6.92 Å². The Hall–Kier alpha value is -1.69. The van der Waals surface area contributed by atoms with Gasteiger partial charge in [-0.25, -0.2) is 4.68 Å². The highest BCUT2D eigenvalue weighted by Gasteiger charge is 2.24. The van der Waals surface area contributed by atoms with Gasteiger partial charge in [0.25, 0.3) is 5.56 Å². The quantitative estimate of drug-likeness (QED) is 0.726. The smallest absolute Gasteiger partial charge is 0.267 e. The topological polar surface area (TPSA) is 75.4 Å². The van der Waals surface area contributed by atoms with E-state index in [0.717, 1.165) is 4.68 Å². The molecule has 1 saturated heterocycles. The first-order chi connectivity index (χ1) is 8.06. The van der Waals surface area contributed by atoms with Crippen LogP contribution < -0.4 is 5.56 Å². The summed E-state index contributed by atoms with van der Waals surface area (Å²) in [4.78, 5) is 24.9. The van der Waals surface area contributed by atoms with Gasteiger partial charge in [0.1, 0.15) is 6.54 Å². The predicted molar refractivity (Wildman–Crippen MR) is 60.4 cm³/mol. The lowest BCUT2D eigenvalue weighted by atomic mass is 10.3. The van der Waals surface area contributed by atoms with Gasteiger partial charge >= 0.3 is 0 Å². The third-order valence-electron chi connectivity index (χ3n) is 2.80. The fraction of sp³-hybridized carbons (Fsp3) is 0.545. The molecular weight excluding hydrogens is 222 g/mol. The molecule has 0 radical (unpaired) electrons. The van der Waals surface area contributed by atoms with Crippen LogP contribution in [0.5, 0.6) is 0 Å². The molecule has 1 aromatic rings. The monoisotopic (exact) mass is 237 g/mol. The highest BCUT2D eigenvalue weighted by molar-refractivity contribution is 5.76. The summed E-state index contributed by atoms with van der Waals surface area (Å²) >= 11 is 0. The van der Waals surface area contributed by atoms with Crippen LogP contribution in [0.3, 0.4) is 0 Å². The molecule has 6 nitrogen and oxygen atoms in total. The Balaban J connectivity index is 2.08. The number of rotatable bonds is 2. The van der Waals surface area contributed by atoms with E-state index in [4.69, 9.17) is 0 Å². The average molecular weight is 237 g/mol. The second-order valence-electron chi connectivity index (χ2n) is 4.25. The van der Waals surface area contributed by atoms with Crippen LogP contribution in [0.4, 0.5) is 0 Å². The molecule has 0 aliphatic carbocycles. The van der Waals surface area contributed by atoms with Gasteiger partial charge in [-0.1, -0.05) is 0 Å². The number of aliphatic hydroxyl groups excluding tert-OH is 1. The number of hydrogen-bond donors (Lipinski definition) is 1. The fourth-order valence-corrected chi connectivity index (χ4v) is 1.86. The van der Waals surface area contributed by atoms with Gasteiger partial charge in [0.15, 0.2) is 0 Å². The number of aliphatic hydroxyl groups is 1. The van der Waals surface area contributed by atoms with Crippen molar-refractivity contribution in [2.45, 2.75) is 26.0 Å². The minimum absolute atomic E-state index is 0.0623. The Kier molecular flexibility index (Phi) is 3.23. The molecular formula is C11H15N3O3. The van der Waals surface area contributed by atoms with Crippen LogP contribution >= 0.6 is 0 Å². The van der Waals surface area contributed by atoms with Gasteiger partial charge in [-0.3, -0.25) is 9.59 Å². The van der Waals surface area contributed by atoms with Gasteiger partial charge in [0, 0.05) is 19.2 Å². The van der Waals surface area contributed by atoms with Crippen molar-refractivity contribution in [2.75, 3.05) is 13.1 Å². The maximum atomic E-state index is 11.8. The summed E-state index contributed by atoms with van der Waals surface area (Å²) < 4.78 is 1.16. The van der Waals surface area contributed by atoms with E-state index in [2.05, 4.69) is 5.10 Å². The number of carbonyl (C=O) groups excluding carboxylic acids is 1. The van der Waals surface area contributed by atoms with Gasteiger partial charge in [-0.15, -0.1) is 0 Å². The van der Waals surface area contributed by atoms with Crippen LogP contribution in [0.1, 0.15) is 12.1 Å². The number of β-amino-alcohol motifs (C(OH)–C–C–N with tert-alkyl or cyclic N) is 1. The predicted octanol–water partition coefficient (Wildman–Crippen LogP) is -0.855. The van der Waals surface area contributed by atoms with Crippen molar-refractivity contribution in [3.05, 3.63) is 28.2 Å². The average Bonchev–Trinajstić information content (AvgIpc) is 2.70. The van der Waals surface area contributed by atoms with E-state index in [0.29, 0.717) is 25.2 Å². The molecule has 17 heavy (non-hydrogen) atoms. The highest BCUT2D eigenvalue weighted by atomic mass is 16.3. The van der Waals surface area contributed by atoms with E-state index in [1.807, 2.05) is 0 Å². The van der Waals surface area contributed by atoms with E-state index < -0.39 is 6.10 Å². The SMILES string of the molecule is Cc1ccc(=O)n(CC(=O)N2CC[C@@H](O)C2)n1. The lowest BCUT2D eigenvalue weighted by molar-refractivity contribution is -0.131. The minimum Gasteiger partial charge on any atom is -0.391 e. The molecule has 0 bridgehead atoms. The fourth-order valence-electron chi connectivity index (χ4n) is 1.86. The molecule has 1 aliphatic heterocycles. The third kappa shape index (κ3) is 2.71. The molecule has 1 N–H and O–H groups in total. The van der Waals surface area contributed by atoms with E-state index in [9.17, 15) is 14.7 Å². The Morgan fingerprint density at radius 1 is 1.59 bits per heavy atom. The first kappa shape index (κ1) is 11.8. The van der Waals surface area contributed by atoms with Crippen LogP contribution in [0.15, 0.2) is 16.9 Å². The van der Waals surface area contributed by atoms with Gasteiger partial charge in [-0.2, -0.15) is 5.10 Å². The second kappa shape index (κ2) is 4.67. The van der Waals surface area contributed by atoms with E-state index in [1.165, 1.54) is 6.07 Å². The Labute approximate surface area is 98.5 Å². The largest absolute Gasteiger partial charge is 0.391 e. The molecule has 0 aromatic carbocycles. The van der Waals surface area contributed by atoms with Gasteiger partial charge in [0.05, 0.1) is 11.8 Å². The zero-order valence-electron chi connectivity index (χ0n) is 9.67. The molecule has 0 saturated carbocycles. The summed E-state index contributed by atoms with van der Waals surface area (Å²) in [6.07, 6.45) is 0.156. The first-order valence-electron chi connectivity index (χ1n) is 5.57. The number of aromatic nitrogens is 2. The van der Waals surface area contributed by atoms with Crippen molar-refractivity contribution in [2.24, 2.45) is 0 Å². The lowest BCUT2D eigenvalue weighted by Gasteiger charge is -2.15. The number of amides is 1. The number of likely N-dealkylation sites (tertiary alicyclic amines) is 1. The lowest BCUT2D eigenvalue weighted by Crippen LogP contribution is -2.36. The minimum atomic E-state index is -0.443. The number of carbonyl (C=O) groups is 1. The van der Waals surface area contributed by atoms with Crippen LogP contribution in [0.25, 0.3) is 0 Å². The van der Waals surface area contributed by atoms with Crippen LogP contribution in [0.2, 0.25) is 0 Å². The molecule has 2 rings (SSSR count). The van der Waals surface area contributed by atoms with Crippen LogP contribution in [-0.4, -0.2) is 44.9 Å². The first-order valence-corrected chi connectivity index (χ1v) is 5.57. The maximum absolute atomic E-state index is 11.8. The number of aryl methyl sites for hydroxylation is 1. The van der Waals surface area contributed by atoms with Crippen molar-refractivity contribution in [1.29, 1.82) is 0 Å². The molecule has 0 spiro atoms. The molecule has 1 aromatic heterocycles. The normalized spacial score (nSPS) is 19.6. The zero-order valence-corrected chi connectivity index (χ0v) is 9.67. The molecule has 1 aliphatic rings. The molecule has 6 heteroatoms.